The molecule has 3 aromatic carbocycles. The smallest absolute Gasteiger partial charge is 0.748 e. The van der Waals surface area contributed by atoms with Crippen LogP contribution in [0, 0.1) is 11.6 Å². The van der Waals surface area contributed by atoms with E-state index in [1.165, 1.54) is 0 Å². The minimum atomic E-state index is -4.24. The van der Waals surface area contributed by atoms with Crippen LogP contribution >= 0.6 is 0 Å². The Kier molecular flexibility index (Phi) is 11.5. The number of nitrogens with zero attached hydrogens (tertiary/aromatic N) is 3. The van der Waals surface area contributed by atoms with Crippen molar-refractivity contribution in [1.82, 2.24) is 14.4 Å². The minimum Gasteiger partial charge on any atom is -0.748 e. The van der Waals surface area contributed by atoms with Crippen molar-refractivity contribution >= 4 is 15.8 Å². The summed E-state index contributed by atoms with van der Waals surface area (Å²) in [6.07, 6.45) is 3.85. The first-order valence-electron chi connectivity index (χ1n) is 13.9. The maximum Gasteiger partial charge on any atom is 1.00 e. The van der Waals surface area contributed by atoms with E-state index in [1.807, 2.05) is 60.7 Å². The molecule has 5 aromatic rings. The van der Waals surface area contributed by atoms with Gasteiger partial charge in [0.15, 0.2) is 23.0 Å². The van der Waals surface area contributed by atoms with Crippen LogP contribution in [0.25, 0.3) is 16.9 Å². The number of benzene rings is 3. The zero-order valence-corrected chi connectivity index (χ0v) is 27.1. The predicted octanol–water partition coefficient (Wildman–Crippen LogP) is 3.05. The molecule has 224 valence electrons. The van der Waals surface area contributed by atoms with E-state index in [4.69, 9.17) is 9.72 Å². The second kappa shape index (κ2) is 15.1. The molecule has 44 heavy (non-hydrogen) atoms. The van der Waals surface area contributed by atoms with E-state index >= 15 is 0 Å². The first-order valence-corrected chi connectivity index (χ1v) is 15.5. The summed E-state index contributed by atoms with van der Waals surface area (Å²) in [5.74, 6) is -2.84. The van der Waals surface area contributed by atoms with Gasteiger partial charge < -0.3 is 14.4 Å². The van der Waals surface area contributed by atoms with E-state index in [1.54, 1.807) is 10.6 Å². The summed E-state index contributed by atoms with van der Waals surface area (Å²) in [6.45, 7) is 0.0332. The molecule has 0 saturated heterocycles. The van der Waals surface area contributed by atoms with Crippen LogP contribution < -0.4 is 34.3 Å². The molecule has 2 heterocycles. The molecule has 0 fully saturated rings. The molecule has 5 rings (SSSR count). The summed E-state index contributed by atoms with van der Waals surface area (Å²) in [7, 11) is -4.24. The van der Waals surface area contributed by atoms with Crippen LogP contribution in [0.3, 0.4) is 0 Å². The van der Waals surface area contributed by atoms with Gasteiger partial charge in [-0.15, -0.1) is 0 Å². The van der Waals surface area contributed by atoms with Gasteiger partial charge in [-0.1, -0.05) is 73.5 Å². The summed E-state index contributed by atoms with van der Waals surface area (Å²) in [5, 5.41) is 11.2. The van der Waals surface area contributed by atoms with Crippen LogP contribution in [0.15, 0.2) is 79.0 Å². The van der Waals surface area contributed by atoms with Gasteiger partial charge in [-0.05, 0) is 36.1 Å². The Bertz CT molecular complexity index is 1800. The molecule has 0 bridgehead atoms. The first-order chi connectivity index (χ1) is 20.7. The molecule has 0 unspecified atom stereocenters. The van der Waals surface area contributed by atoms with Crippen LogP contribution in [0.5, 0.6) is 11.6 Å². The topological polar surface area (TPSA) is 117 Å². The van der Waals surface area contributed by atoms with Gasteiger partial charge in [-0.25, -0.2) is 27.2 Å². The summed E-state index contributed by atoms with van der Waals surface area (Å²) in [5.41, 5.74) is 4.13. The van der Waals surface area contributed by atoms with Crippen LogP contribution in [0.4, 0.5) is 8.78 Å². The van der Waals surface area contributed by atoms with E-state index in [2.05, 4.69) is 4.98 Å². The molecule has 0 aliphatic carbocycles. The van der Waals surface area contributed by atoms with E-state index in [0.717, 1.165) is 23.3 Å². The third-order valence-corrected chi connectivity index (χ3v) is 7.76. The maximum atomic E-state index is 14.9. The number of ether oxygens (including phenoxy) is 1. The van der Waals surface area contributed by atoms with E-state index < -0.39 is 33.3 Å². The standard InChI is InChI=1S/C32H31F2N3O5S.Na/c33-25-17-23(18-26(34)30(25)42-15-9-1-2-10-16-43(39,40)41)20-28-32(38)37-21-29(24-13-7-4-8-14-24)35-27(31(37)36-28)19-22-11-5-3-6-12-22;/h3-8,11-14,17-18,21,38H,1-2,9-10,15-16,19-20H2,(H,39,40,41);/q;+1/p-1. The number of aromatic hydroxyl groups is 1. The zero-order chi connectivity index (χ0) is 30.4. The minimum absolute atomic E-state index is 0. The van der Waals surface area contributed by atoms with Crippen molar-refractivity contribution in [3.63, 3.8) is 0 Å². The summed E-state index contributed by atoms with van der Waals surface area (Å²) in [4.78, 5) is 9.50. The molecular formula is C32H30F2N3NaO5S. The fraction of sp³-hybridized carbons (Fsp3) is 0.250. The largest absolute Gasteiger partial charge is 1.00 e. The Balaban J connectivity index is 0.00000442. The average Bonchev–Trinajstić information content (AvgIpc) is 3.29. The SMILES string of the molecule is O=S(=O)([O-])CCCCCCOc1c(F)cc(Cc2nc3c(Cc4ccccc4)nc(-c4ccccc4)cn3c2O)cc1F.[Na+]. The van der Waals surface area contributed by atoms with Crippen molar-refractivity contribution in [1.29, 1.82) is 0 Å². The number of rotatable bonds is 13. The average molecular weight is 630 g/mol. The van der Waals surface area contributed by atoms with Gasteiger partial charge in [0.05, 0.1) is 28.1 Å². The molecule has 0 saturated carbocycles. The second-order valence-corrected chi connectivity index (χ2v) is 11.8. The normalized spacial score (nSPS) is 11.4. The van der Waals surface area contributed by atoms with Crippen molar-refractivity contribution in [2.24, 2.45) is 0 Å². The van der Waals surface area contributed by atoms with E-state index in [9.17, 15) is 26.9 Å². The van der Waals surface area contributed by atoms with E-state index in [0.29, 0.717) is 42.7 Å². The summed E-state index contributed by atoms with van der Waals surface area (Å²) < 4.78 is 68.5. The van der Waals surface area contributed by atoms with Crippen LogP contribution in [0.2, 0.25) is 0 Å². The molecule has 0 aliphatic rings. The first kappa shape index (κ1) is 33.5. The molecule has 8 nitrogen and oxygen atoms in total. The van der Waals surface area contributed by atoms with Crippen LogP contribution in [-0.2, 0) is 23.0 Å². The van der Waals surface area contributed by atoms with Crippen molar-refractivity contribution in [2.75, 3.05) is 12.4 Å². The quantitative estimate of drug-likeness (QED) is 0.121. The van der Waals surface area contributed by atoms with Crippen LogP contribution in [0.1, 0.15) is 48.2 Å². The molecule has 1 N–H and O–H groups in total. The van der Waals surface area contributed by atoms with Gasteiger partial charge in [0, 0.05) is 30.4 Å². The molecule has 0 aliphatic heterocycles. The molecule has 0 amide bonds. The van der Waals surface area contributed by atoms with Gasteiger partial charge in [0.2, 0.25) is 5.88 Å². The third kappa shape index (κ3) is 8.64. The number of imidazole rings is 1. The fourth-order valence-corrected chi connectivity index (χ4v) is 5.43. The van der Waals surface area contributed by atoms with Gasteiger partial charge in [-0.2, -0.15) is 0 Å². The van der Waals surface area contributed by atoms with Crippen molar-refractivity contribution in [3.8, 4) is 22.9 Å². The van der Waals surface area contributed by atoms with Gasteiger partial charge in [0.25, 0.3) is 0 Å². The number of fused-ring (bicyclic) bond motifs is 1. The number of hydrogen-bond acceptors (Lipinski definition) is 7. The molecule has 0 radical (unpaired) electrons. The van der Waals surface area contributed by atoms with Crippen molar-refractivity contribution in [3.05, 3.63) is 113 Å². The molecule has 12 heteroatoms. The molecular weight excluding hydrogens is 599 g/mol. The van der Waals surface area contributed by atoms with Crippen molar-refractivity contribution in [2.45, 2.75) is 38.5 Å². The van der Waals surface area contributed by atoms with Gasteiger partial charge in [0.1, 0.15) is 5.69 Å². The third-order valence-electron chi connectivity index (χ3n) is 6.97. The second-order valence-electron chi connectivity index (χ2n) is 10.3. The van der Waals surface area contributed by atoms with Crippen molar-refractivity contribution < 1.29 is 61.2 Å². The van der Waals surface area contributed by atoms with E-state index in [-0.39, 0.29) is 66.1 Å². The van der Waals surface area contributed by atoms with Crippen LogP contribution in [-0.4, -0.2) is 44.8 Å². The monoisotopic (exact) mass is 629 g/mol. The number of hydrogen-bond donors (Lipinski definition) is 1. The predicted molar refractivity (Wildman–Crippen MR) is 157 cm³/mol. The Hall–Kier alpha value is -3.35. The Morgan fingerprint density at radius 3 is 2.09 bits per heavy atom. The number of aromatic nitrogens is 3. The van der Waals surface area contributed by atoms with Gasteiger partial charge >= 0.3 is 29.6 Å². The molecule has 2 aromatic heterocycles. The summed E-state index contributed by atoms with van der Waals surface area (Å²) in [6, 6.07) is 21.6. The zero-order valence-electron chi connectivity index (χ0n) is 24.2. The Morgan fingerprint density at radius 2 is 1.43 bits per heavy atom. The molecule has 0 spiro atoms. The summed E-state index contributed by atoms with van der Waals surface area (Å²) >= 11 is 0. The molecule has 0 atom stereocenters. The fourth-order valence-electron chi connectivity index (χ4n) is 4.87. The Labute approximate surface area is 276 Å². The number of unbranched alkanes of at least 4 members (excludes halogenated alkanes) is 3. The van der Waals surface area contributed by atoms with Gasteiger partial charge in [-0.3, -0.25) is 4.40 Å². The number of halogens is 2. The Morgan fingerprint density at radius 1 is 0.818 bits per heavy atom. The maximum absolute atomic E-state index is 14.9.